The third kappa shape index (κ3) is 2.25. The minimum Gasteiger partial charge on any atom is -0.264 e. The Labute approximate surface area is 70.3 Å². The lowest BCUT2D eigenvalue weighted by molar-refractivity contribution is -0.483. The van der Waals surface area contributed by atoms with Crippen molar-refractivity contribution in [3.63, 3.8) is 0 Å². The lowest BCUT2D eigenvalue weighted by Crippen LogP contribution is -2.24. The van der Waals surface area contributed by atoms with Crippen LogP contribution in [-0.4, -0.2) is 17.5 Å². The molecule has 0 saturated heterocycles. The summed E-state index contributed by atoms with van der Waals surface area (Å²) in [6.45, 7) is -0.297. The number of nitroso groups, excluding NO2 is 1. The third-order valence-electron chi connectivity index (χ3n) is 2.42. The average molecular weight is 172 g/mol. The van der Waals surface area contributed by atoms with Gasteiger partial charge in [-0.25, -0.2) is 0 Å². The summed E-state index contributed by atoms with van der Waals surface area (Å²) in [5.41, 5.74) is 0. The van der Waals surface area contributed by atoms with Crippen molar-refractivity contribution in [2.24, 2.45) is 11.1 Å². The van der Waals surface area contributed by atoms with Crippen molar-refractivity contribution in [2.75, 3.05) is 6.54 Å². The Morgan fingerprint density at radius 2 is 2.08 bits per heavy atom. The average Bonchev–Trinajstić information content (AvgIpc) is 2.51. The summed E-state index contributed by atoms with van der Waals surface area (Å²) in [7, 11) is 0. The largest absolute Gasteiger partial charge is 0.264 e. The van der Waals surface area contributed by atoms with E-state index in [9.17, 15) is 15.0 Å². The van der Waals surface area contributed by atoms with Crippen LogP contribution in [0.3, 0.4) is 0 Å². The second-order valence-electron chi connectivity index (χ2n) is 3.23. The number of nitrogens with zero attached hydrogens (tertiary/aromatic N) is 2. The molecule has 0 aliphatic heterocycles. The number of rotatable bonds is 4. The first-order valence-corrected chi connectivity index (χ1v) is 4.18. The van der Waals surface area contributed by atoms with Gasteiger partial charge in [0.25, 0.3) is 0 Å². The topological polar surface area (TPSA) is 72.6 Å². The van der Waals surface area contributed by atoms with E-state index in [4.69, 9.17) is 0 Å². The van der Waals surface area contributed by atoms with Gasteiger partial charge in [0.05, 0.1) is 0 Å². The van der Waals surface area contributed by atoms with Crippen LogP contribution in [0.1, 0.15) is 25.7 Å². The summed E-state index contributed by atoms with van der Waals surface area (Å²) in [6, 6.07) is -0.595. The van der Waals surface area contributed by atoms with Gasteiger partial charge in [0, 0.05) is 4.92 Å². The summed E-state index contributed by atoms with van der Waals surface area (Å²) in [5.74, 6) is 0.160. The van der Waals surface area contributed by atoms with Gasteiger partial charge in [-0.2, -0.15) is 4.91 Å². The van der Waals surface area contributed by atoms with Crippen LogP contribution in [0.4, 0.5) is 0 Å². The molecular formula is C7H12N2O3. The lowest BCUT2D eigenvalue weighted by atomic mass is 9.99. The highest BCUT2D eigenvalue weighted by Crippen LogP contribution is 2.29. The Balaban J connectivity index is 2.42. The Morgan fingerprint density at radius 3 is 2.50 bits per heavy atom. The molecular weight excluding hydrogens is 160 g/mol. The highest BCUT2D eigenvalue weighted by Gasteiger charge is 2.29. The van der Waals surface area contributed by atoms with Crippen molar-refractivity contribution in [2.45, 2.75) is 31.7 Å². The van der Waals surface area contributed by atoms with Gasteiger partial charge in [-0.3, -0.25) is 10.1 Å². The first-order valence-electron chi connectivity index (χ1n) is 4.18. The lowest BCUT2D eigenvalue weighted by Gasteiger charge is -2.10. The van der Waals surface area contributed by atoms with Crippen LogP contribution in [0, 0.1) is 20.9 Å². The van der Waals surface area contributed by atoms with Gasteiger partial charge in [0.2, 0.25) is 6.54 Å². The molecule has 1 fully saturated rings. The second kappa shape index (κ2) is 4.13. The number of nitro groups is 1. The normalized spacial score (nSPS) is 20.7. The van der Waals surface area contributed by atoms with Crippen molar-refractivity contribution in [3.8, 4) is 0 Å². The zero-order valence-corrected chi connectivity index (χ0v) is 6.81. The van der Waals surface area contributed by atoms with Gasteiger partial charge >= 0.3 is 0 Å². The smallest absolute Gasteiger partial charge is 0.229 e. The molecule has 1 saturated carbocycles. The molecule has 68 valence electrons. The SMILES string of the molecule is O=NC(C[N+](=O)[O-])C1CCCC1. The molecule has 0 amide bonds. The van der Waals surface area contributed by atoms with Crippen molar-refractivity contribution >= 4 is 0 Å². The Hall–Kier alpha value is -1.00. The number of hydrogen-bond donors (Lipinski definition) is 0. The maximum absolute atomic E-state index is 10.3. The van der Waals surface area contributed by atoms with Crippen LogP contribution in [0.25, 0.3) is 0 Å². The molecule has 1 aliphatic rings. The van der Waals surface area contributed by atoms with Gasteiger partial charge in [-0.05, 0) is 18.8 Å². The fraction of sp³-hybridized carbons (Fsp3) is 1.00. The van der Waals surface area contributed by atoms with Crippen LogP contribution >= 0.6 is 0 Å². The molecule has 0 bridgehead atoms. The molecule has 5 heteroatoms. The minimum atomic E-state index is -0.595. The molecule has 1 atom stereocenters. The Kier molecular flexibility index (Phi) is 3.13. The predicted molar refractivity (Wildman–Crippen MR) is 43.4 cm³/mol. The molecule has 0 heterocycles. The first kappa shape index (κ1) is 9.09. The molecule has 1 rings (SSSR count). The fourth-order valence-corrected chi connectivity index (χ4v) is 1.76. The van der Waals surface area contributed by atoms with Crippen molar-refractivity contribution in [1.82, 2.24) is 0 Å². The van der Waals surface area contributed by atoms with E-state index >= 15 is 0 Å². The Bertz CT molecular complexity index is 177. The third-order valence-corrected chi connectivity index (χ3v) is 2.42. The quantitative estimate of drug-likeness (QED) is 0.367. The molecule has 1 aliphatic carbocycles. The maximum Gasteiger partial charge on any atom is 0.229 e. The minimum absolute atomic E-state index is 0.160. The molecule has 0 radical (unpaired) electrons. The van der Waals surface area contributed by atoms with Crippen LogP contribution in [0.2, 0.25) is 0 Å². The zero-order valence-electron chi connectivity index (χ0n) is 6.81. The summed E-state index contributed by atoms with van der Waals surface area (Å²) in [6.07, 6.45) is 4.00. The van der Waals surface area contributed by atoms with E-state index in [0.717, 1.165) is 25.7 Å². The fourth-order valence-electron chi connectivity index (χ4n) is 1.76. The molecule has 0 aromatic carbocycles. The monoisotopic (exact) mass is 172 g/mol. The van der Waals surface area contributed by atoms with E-state index in [-0.39, 0.29) is 12.5 Å². The van der Waals surface area contributed by atoms with Gasteiger partial charge in [-0.15, -0.1) is 0 Å². The molecule has 0 aromatic heterocycles. The summed E-state index contributed by atoms with van der Waals surface area (Å²) >= 11 is 0. The van der Waals surface area contributed by atoms with E-state index in [1.807, 2.05) is 0 Å². The summed E-state index contributed by atoms with van der Waals surface area (Å²) in [5, 5.41) is 13.0. The van der Waals surface area contributed by atoms with E-state index in [0.29, 0.717) is 0 Å². The maximum atomic E-state index is 10.3. The first-order chi connectivity index (χ1) is 5.74. The molecule has 0 spiro atoms. The van der Waals surface area contributed by atoms with Crippen molar-refractivity contribution in [3.05, 3.63) is 15.0 Å². The standard InChI is InChI=1S/C7H12N2O3/c10-8-7(5-9(11)12)6-3-1-2-4-6/h6-7H,1-5H2. The van der Waals surface area contributed by atoms with Crippen molar-refractivity contribution < 1.29 is 4.92 Å². The summed E-state index contributed by atoms with van der Waals surface area (Å²) in [4.78, 5) is 20.0. The van der Waals surface area contributed by atoms with Crippen LogP contribution in [0.15, 0.2) is 5.18 Å². The van der Waals surface area contributed by atoms with E-state index in [1.165, 1.54) is 0 Å². The second-order valence-corrected chi connectivity index (χ2v) is 3.23. The Morgan fingerprint density at radius 1 is 1.50 bits per heavy atom. The van der Waals surface area contributed by atoms with E-state index in [2.05, 4.69) is 5.18 Å². The predicted octanol–water partition coefficient (Wildman–Crippen LogP) is 1.59. The van der Waals surface area contributed by atoms with Crippen LogP contribution in [0.5, 0.6) is 0 Å². The highest BCUT2D eigenvalue weighted by atomic mass is 16.6. The van der Waals surface area contributed by atoms with E-state index in [1.54, 1.807) is 0 Å². The van der Waals surface area contributed by atoms with E-state index < -0.39 is 11.0 Å². The van der Waals surface area contributed by atoms with Gasteiger partial charge in [-0.1, -0.05) is 18.0 Å². The van der Waals surface area contributed by atoms with Crippen molar-refractivity contribution in [1.29, 1.82) is 0 Å². The highest BCUT2D eigenvalue weighted by molar-refractivity contribution is 4.79. The zero-order chi connectivity index (χ0) is 8.97. The molecule has 0 aromatic rings. The van der Waals surface area contributed by atoms with Crippen LogP contribution in [-0.2, 0) is 0 Å². The molecule has 0 N–H and O–H groups in total. The molecule has 1 unspecified atom stereocenters. The van der Waals surface area contributed by atoms with Gasteiger partial charge in [0.15, 0.2) is 6.04 Å². The summed E-state index contributed by atoms with van der Waals surface area (Å²) < 4.78 is 0. The van der Waals surface area contributed by atoms with Gasteiger partial charge in [0.1, 0.15) is 0 Å². The molecule has 5 nitrogen and oxygen atoms in total. The molecule has 12 heavy (non-hydrogen) atoms. The number of hydrogen-bond acceptors (Lipinski definition) is 4. The van der Waals surface area contributed by atoms with Gasteiger partial charge < -0.3 is 0 Å². The van der Waals surface area contributed by atoms with Crippen LogP contribution < -0.4 is 0 Å².